The van der Waals surface area contributed by atoms with Gasteiger partial charge in [-0.05, 0) is 30.7 Å². The summed E-state index contributed by atoms with van der Waals surface area (Å²) < 4.78 is 15.7. The average molecular weight is 429 g/mol. The van der Waals surface area contributed by atoms with Gasteiger partial charge in [-0.15, -0.1) is 0 Å². The normalized spacial score (nSPS) is 23.4. The van der Waals surface area contributed by atoms with Crippen LogP contribution < -0.4 is 10.6 Å². The summed E-state index contributed by atoms with van der Waals surface area (Å²) >= 11 is 12.2. The lowest BCUT2D eigenvalue weighted by atomic mass is 9.89. The summed E-state index contributed by atoms with van der Waals surface area (Å²) in [5, 5.41) is 6.64. The van der Waals surface area contributed by atoms with Crippen LogP contribution in [0.15, 0.2) is 30.4 Å². The van der Waals surface area contributed by atoms with Crippen molar-refractivity contribution in [3.05, 3.63) is 46.0 Å². The summed E-state index contributed by atoms with van der Waals surface area (Å²) in [6.07, 6.45) is 0.654. The largest absolute Gasteiger partial charge is 0.412 e. The molecule has 1 saturated heterocycles. The van der Waals surface area contributed by atoms with Crippen molar-refractivity contribution in [3.8, 4) is 0 Å². The Balaban J connectivity index is 1.78. The lowest BCUT2D eigenvalue weighted by Crippen LogP contribution is -2.47. The van der Waals surface area contributed by atoms with Gasteiger partial charge in [0.15, 0.2) is 0 Å². The molecule has 0 unspecified atom stereocenters. The minimum absolute atomic E-state index is 0.0461. The summed E-state index contributed by atoms with van der Waals surface area (Å²) in [7, 11) is 0. The molecule has 3 rings (SSSR count). The van der Waals surface area contributed by atoms with Gasteiger partial charge in [-0.2, -0.15) is 0 Å². The Labute approximate surface area is 171 Å². The molecule has 28 heavy (non-hydrogen) atoms. The first-order chi connectivity index (χ1) is 13.4. The molecule has 0 bridgehead atoms. The van der Waals surface area contributed by atoms with Crippen LogP contribution in [0.25, 0.3) is 0 Å². The summed E-state index contributed by atoms with van der Waals surface area (Å²) in [6.45, 7) is 1.76. The van der Waals surface area contributed by atoms with Gasteiger partial charge in [0.25, 0.3) is 0 Å². The third-order valence-electron chi connectivity index (χ3n) is 4.37. The number of ether oxygens (including phenoxy) is 3. The number of esters is 2. The van der Waals surface area contributed by atoms with Crippen molar-refractivity contribution in [2.75, 3.05) is 26.2 Å². The monoisotopic (exact) mass is 428 g/mol. The molecule has 8 nitrogen and oxygen atoms in total. The van der Waals surface area contributed by atoms with E-state index in [4.69, 9.17) is 37.4 Å². The van der Waals surface area contributed by atoms with Crippen LogP contribution in [0.4, 0.5) is 0 Å². The number of carbonyl (C=O) groups is 3. The van der Waals surface area contributed by atoms with Crippen molar-refractivity contribution in [2.24, 2.45) is 0 Å². The van der Waals surface area contributed by atoms with Gasteiger partial charge in [0, 0.05) is 18.7 Å². The van der Waals surface area contributed by atoms with Crippen LogP contribution in [0.2, 0.25) is 10.0 Å². The highest BCUT2D eigenvalue weighted by Crippen LogP contribution is 2.34. The summed E-state index contributed by atoms with van der Waals surface area (Å²) in [5.41, 5.74) is -0.146. The Morgan fingerprint density at radius 2 is 1.86 bits per heavy atom. The van der Waals surface area contributed by atoms with Gasteiger partial charge in [0.05, 0.1) is 23.2 Å². The highest BCUT2D eigenvalue weighted by atomic mass is 35.5. The summed E-state index contributed by atoms with van der Waals surface area (Å²) in [6, 6.07) is 5.13. The fourth-order valence-electron chi connectivity index (χ4n) is 2.92. The highest BCUT2D eigenvalue weighted by Gasteiger charge is 2.37. The molecule has 1 fully saturated rings. The van der Waals surface area contributed by atoms with E-state index in [2.05, 4.69) is 10.6 Å². The number of amides is 1. The maximum absolute atomic E-state index is 12.5. The molecule has 0 spiro atoms. The number of carbonyl (C=O) groups excluding carboxylic acids is 3. The van der Waals surface area contributed by atoms with Crippen molar-refractivity contribution in [2.45, 2.75) is 18.3 Å². The van der Waals surface area contributed by atoms with E-state index in [-0.39, 0.29) is 6.54 Å². The van der Waals surface area contributed by atoms with Crippen molar-refractivity contribution >= 4 is 41.0 Å². The second-order valence-electron chi connectivity index (χ2n) is 6.23. The first-order valence-corrected chi connectivity index (χ1v) is 9.32. The number of benzene rings is 1. The van der Waals surface area contributed by atoms with E-state index in [1.54, 1.807) is 18.2 Å². The molecule has 0 aromatic heterocycles. The number of rotatable bonds is 4. The Morgan fingerprint density at radius 3 is 2.54 bits per heavy atom. The van der Waals surface area contributed by atoms with E-state index in [1.165, 1.54) is 0 Å². The topological polar surface area (TPSA) is 103 Å². The van der Waals surface area contributed by atoms with Crippen LogP contribution in [0, 0.1) is 0 Å². The van der Waals surface area contributed by atoms with Crippen LogP contribution >= 0.6 is 23.2 Å². The van der Waals surface area contributed by atoms with Gasteiger partial charge < -0.3 is 24.8 Å². The summed E-state index contributed by atoms with van der Waals surface area (Å²) in [4.78, 5) is 35.4. The van der Waals surface area contributed by atoms with Gasteiger partial charge in [-0.25, -0.2) is 9.59 Å². The van der Waals surface area contributed by atoms with Gasteiger partial charge >= 0.3 is 24.1 Å². The molecule has 10 heteroatoms. The van der Waals surface area contributed by atoms with E-state index >= 15 is 0 Å². The maximum Gasteiger partial charge on any atom is 0.334 e. The fraction of sp³-hybridized carbons (Fsp3) is 0.389. The molecule has 2 heterocycles. The molecule has 1 amide bonds. The number of nitrogens with one attached hydrogen (secondary N) is 2. The second-order valence-corrected chi connectivity index (χ2v) is 7.04. The first kappa shape index (κ1) is 20.6. The Morgan fingerprint density at radius 1 is 1.14 bits per heavy atom. The van der Waals surface area contributed by atoms with Crippen LogP contribution in [-0.2, 0) is 34.2 Å². The van der Waals surface area contributed by atoms with Gasteiger partial charge in [-0.1, -0.05) is 29.3 Å². The van der Waals surface area contributed by atoms with Gasteiger partial charge in [0.2, 0.25) is 0 Å². The zero-order valence-corrected chi connectivity index (χ0v) is 16.2. The summed E-state index contributed by atoms with van der Waals surface area (Å²) in [5.74, 6) is -2.47. The average Bonchev–Trinajstić information content (AvgIpc) is 3.01. The van der Waals surface area contributed by atoms with Crippen molar-refractivity contribution in [3.63, 3.8) is 0 Å². The first-order valence-electron chi connectivity index (χ1n) is 8.57. The third kappa shape index (κ3) is 4.82. The van der Waals surface area contributed by atoms with E-state index in [0.29, 0.717) is 36.2 Å². The van der Waals surface area contributed by atoms with Crippen LogP contribution in [0.3, 0.4) is 0 Å². The minimum atomic E-state index is -1.68. The molecule has 0 saturated carbocycles. The van der Waals surface area contributed by atoms with Crippen molar-refractivity contribution < 1.29 is 28.6 Å². The molecular formula is C18H18Cl2N2O6. The van der Waals surface area contributed by atoms with Gasteiger partial charge in [0.1, 0.15) is 5.60 Å². The molecule has 1 aromatic rings. The van der Waals surface area contributed by atoms with Crippen LogP contribution in [0.5, 0.6) is 0 Å². The lowest BCUT2D eigenvalue weighted by molar-refractivity contribution is -0.185. The predicted octanol–water partition coefficient (Wildman–Crippen LogP) is 1.30. The molecule has 2 aliphatic rings. The molecule has 2 aliphatic heterocycles. The minimum Gasteiger partial charge on any atom is -0.412 e. The number of hydrogen-bond acceptors (Lipinski definition) is 7. The maximum atomic E-state index is 12.5. The highest BCUT2D eigenvalue weighted by molar-refractivity contribution is 6.42. The van der Waals surface area contributed by atoms with Crippen LogP contribution in [-0.4, -0.2) is 50.4 Å². The van der Waals surface area contributed by atoms with E-state index < -0.39 is 29.7 Å². The molecule has 150 valence electrons. The Kier molecular flexibility index (Phi) is 6.56. The molecule has 0 aliphatic carbocycles. The van der Waals surface area contributed by atoms with Crippen molar-refractivity contribution in [1.82, 2.24) is 10.6 Å². The molecule has 0 radical (unpaired) electrons. The Bertz CT molecular complexity index is 785. The lowest BCUT2D eigenvalue weighted by Gasteiger charge is -2.33. The zero-order chi connectivity index (χ0) is 20.1. The standard InChI is InChI=1S/C18H18Cl2N2O6/c19-12-2-1-11(9-13(12)20)18(5-6-21-7-8-26-18)10-22-16(25)17-27-14(23)3-4-15(24)28-17/h1-4,9,17,21H,5-8,10H2,(H,22,25)/t18-/m0/s1. The molecule has 1 atom stereocenters. The number of cyclic esters (lactones) is 2. The van der Waals surface area contributed by atoms with E-state index in [1.807, 2.05) is 0 Å². The fourth-order valence-corrected chi connectivity index (χ4v) is 3.22. The molecule has 2 N–H and O–H groups in total. The van der Waals surface area contributed by atoms with Gasteiger partial charge in [-0.3, -0.25) is 4.79 Å². The quantitative estimate of drug-likeness (QED) is 0.696. The molecular weight excluding hydrogens is 411 g/mol. The Hall–Kier alpha value is -2.13. The second kappa shape index (κ2) is 8.91. The van der Waals surface area contributed by atoms with Crippen molar-refractivity contribution in [1.29, 1.82) is 0 Å². The number of halogens is 2. The number of hydrogen-bond donors (Lipinski definition) is 2. The van der Waals surface area contributed by atoms with Crippen LogP contribution in [0.1, 0.15) is 12.0 Å². The smallest absolute Gasteiger partial charge is 0.334 e. The SMILES string of the molecule is O=C1C=CC(=O)OC(C(=O)NC[C@]2(c3ccc(Cl)c(Cl)c3)CCNCCO2)O1. The third-order valence-corrected chi connectivity index (χ3v) is 5.11. The zero-order valence-electron chi connectivity index (χ0n) is 14.7. The van der Waals surface area contributed by atoms with E-state index in [9.17, 15) is 14.4 Å². The molecule has 1 aromatic carbocycles. The predicted molar refractivity (Wildman–Crippen MR) is 99.7 cm³/mol. The van der Waals surface area contributed by atoms with E-state index in [0.717, 1.165) is 17.7 Å².